The van der Waals surface area contributed by atoms with E-state index in [4.69, 9.17) is 9.84 Å². The number of carboxylic acids is 1. The summed E-state index contributed by atoms with van der Waals surface area (Å²) in [5, 5.41) is 11.4. The minimum Gasteiger partial charge on any atom is -0.482 e. The van der Waals surface area contributed by atoms with Crippen LogP contribution in [0.15, 0.2) is 42.5 Å². The number of hydrogen-bond acceptors (Lipinski definition) is 3. The quantitative estimate of drug-likeness (QED) is 0.795. The second kappa shape index (κ2) is 7.51. The predicted molar refractivity (Wildman–Crippen MR) is 88.6 cm³/mol. The van der Waals surface area contributed by atoms with Crippen molar-refractivity contribution < 1.29 is 28.2 Å². The third-order valence-electron chi connectivity index (χ3n) is 4.21. The largest absolute Gasteiger partial charge is 0.482 e. The number of amides is 1. The fourth-order valence-electron chi connectivity index (χ4n) is 2.84. The molecule has 1 amide bonds. The number of halogens is 2. The second-order valence-corrected chi connectivity index (χ2v) is 6.16. The molecule has 2 aromatic carbocycles. The Morgan fingerprint density at radius 1 is 1.19 bits per heavy atom. The van der Waals surface area contributed by atoms with E-state index in [1.165, 1.54) is 0 Å². The molecule has 0 unspecified atom stereocenters. The average molecular weight is 361 g/mol. The van der Waals surface area contributed by atoms with E-state index in [1.54, 1.807) is 24.3 Å². The van der Waals surface area contributed by atoms with Gasteiger partial charge in [0.2, 0.25) is 5.91 Å². The van der Waals surface area contributed by atoms with E-state index in [0.29, 0.717) is 12.2 Å². The molecule has 1 aliphatic rings. The number of carbonyl (C=O) groups excluding carboxylic acids is 1. The van der Waals surface area contributed by atoms with Crippen LogP contribution in [0.4, 0.5) is 8.78 Å². The Balaban J connectivity index is 1.54. The summed E-state index contributed by atoms with van der Waals surface area (Å²) in [6.45, 7) is -0.212. The lowest BCUT2D eigenvalue weighted by Crippen LogP contribution is -2.25. The Kier molecular flexibility index (Phi) is 5.16. The molecule has 26 heavy (non-hydrogen) atoms. The molecule has 1 aliphatic carbocycles. The van der Waals surface area contributed by atoms with Crippen LogP contribution in [0.1, 0.15) is 23.5 Å². The number of ether oxygens (including phenoxy) is 1. The predicted octanol–water partition coefficient (Wildman–Crippen LogP) is 2.85. The number of rotatable bonds is 7. The lowest BCUT2D eigenvalue weighted by atomic mass is 10.1. The number of aliphatic carboxylic acids is 1. The van der Waals surface area contributed by atoms with E-state index in [9.17, 15) is 18.4 Å². The summed E-state index contributed by atoms with van der Waals surface area (Å²) in [6, 6.07) is 9.98. The first kappa shape index (κ1) is 17.8. The summed E-state index contributed by atoms with van der Waals surface area (Å²) < 4.78 is 32.1. The van der Waals surface area contributed by atoms with Gasteiger partial charge in [0.05, 0.1) is 0 Å². The van der Waals surface area contributed by atoms with Gasteiger partial charge in [0.25, 0.3) is 0 Å². The van der Waals surface area contributed by atoms with Crippen LogP contribution in [0.2, 0.25) is 0 Å². The molecule has 0 spiro atoms. The van der Waals surface area contributed by atoms with Crippen LogP contribution in [0.3, 0.4) is 0 Å². The van der Waals surface area contributed by atoms with Crippen molar-refractivity contribution >= 4 is 11.9 Å². The summed E-state index contributed by atoms with van der Waals surface area (Å²) in [5.74, 6) is -2.62. The van der Waals surface area contributed by atoms with Gasteiger partial charge in [-0.2, -0.15) is 0 Å². The van der Waals surface area contributed by atoms with Gasteiger partial charge in [-0.05, 0) is 53.8 Å². The van der Waals surface area contributed by atoms with E-state index in [0.717, 1.165) is 23.8 Å². The molecule has 1 fully saturated rings. The fraction of sp³-hybridized carbons (Fsp3) is 0.263. The van der Waals surface area contributed by atoms with Crippen molar-refractivity contribution in [1.82, 2.24) is 5.32 Å². The molecule has 2 N–H and O–H groups in total. The zero-order chi connectivity index (χ0) is 18.7. The number of carboxylic acid groups (broad SMARTS) is 1. The van der Waals surface area contributed by atoms with Crippen molar-refractivity contribution in [3.8, 4) is 5.75 Å². The number of benzene rings is 2. The van der Waals surface area contributed by atoms with E-state index < -0.39 is 24.2 Å². The normalized spacial score (nSPS) is 18.2. The van der Waals surface area contributed by atoms with Crippen LogP contribution >= 0.6 is 0 Å². The SMILES string of the molecule is O=C(O)COc1cccc(CNC(=O)[C@H]2C[C@@H]2c2cc(F)ccc2F)c1. The minimum absolute atomic E-state index is 0.226. The van der Waals surface area contributed by atoms with Crippen molar-refractivity contribution in [2.75, 3.05) is 6.61 Å². The standard InChI is InChI=1S/C19H17F2NO4/c20-12-4-5-17(21)15(7-12)14-8-16(14)19(25)22-9-11-2-1-3-13(6-11)26-10-18(23)24/h1-7,14,16H,8-10H2,(H,22,25)(H,23,24)/t14-,16+/m1/s1. The third-order valence-corrected chi connectivity index (χ3v) is 4.21. The van der Waals surface area contributed by atoms with Crippen molar-refractivity contribution in [3.63, 3.8) is 0 Å². The molecule has 0 saturated heterocycles. The minimum atomic E-state index is -1.08. The van der Waals surface area contributed by atoms with Gasteiger partial charge in [-0.3, -0.25) is 4.79 Å². The fourth-order valence-corrected chi connectivity index (χ4v) is 2.84. The topological polar surface area (TPSA) is 75.6 Å². The number of hydrogen-bond donors (Lipinski definition) is 2. The molecule has 0 radical (unpaired) electrons. The van der Waals surface area contributed by atoms with E-state index in [2.05, 4.69) is 5.32 Å². The van der Waals surface area contributed by atoms with Gasteiger partial charge in [0.1, 0.15) is 17.4 Å². The first-order valence-corrected chi connectivity index (χ1v) is 8.10. The van der Waals surface area contributed by atoms with Crippen molar-refractivity contribution in [2.24, 2.45) is 5.92 Å². The lowest BCUT2D eigenvalue weighted by Gasteiger charge is -2.08. The highest BCUT2D eigenvalue weighted by atomic mass is 19.1. The Bertz CT molecular complexity index is 840. The summed E-state index contributed by atoms with van der Waals surface area (Å²) in [6.07, 6.45) is 0.480. The molecule has 0 aromatic heterocycles. The highest BCUT2D eigenvalue weighted by Crippen LogP contribution is 2.48. The first-order chi connectivity index (χ1) is 12.4. The van der Waals surface area contributed by atoms with E-state index in [1.807, 2.05) is 0 Å². The van der Waals surface area contributed by atoms with Crippen LogP contribution in [0.5, 0.6) is 5.75 Å². The smallest absolute Gasteiger partial charge is 0.341 e. The zero-order valence-electron chi connectivity index (χ0n) is 13.7. The number of nitrogens with one attached hydrogen (secondary N) is 1. The van der Waals surface area contributed by atoms with Crippen molar-refractivity contribution in [3.05, 3.63) is 65.2 Å². The molecule has 136 valence electrons. The van der Waals surface area contributed by atoms with Crippen LogP contribution in [0, 0.1) is 17.6 Å². The molecule has 0 bridgehead atoms. The molecule has 7 heteroatoms. The van der Waals surface area contributed by atoms with Crippen LogP contribution in [-0.2, 0) is 16.1 Å². The Labute approximate surface area is 148 Å². The maximum absolute atomic E-state index is 13.8. The molecule has 5 nitrogen and oxygen atoms in total. The Morgan fingerprint density at radius 2 is 2.00 bits per heavy atom. The molecule has 2 aromatic rings. The monoisotopic (exact) mass is 361 g/mol. The highest BCUT2D eigenvalue weighted by Gasteiger charge is 2.45. The maximum Gasteiger partial charge on any atom is 0.341 e. The summed E-state index contributed by atoms with van der Waals surface area (Å²) in [5.41, 5.74) is 0.976. The first-order valence-electron chi connectivity index (χ1n) is 8.10. The van der Waals surface area contributed by atoms with Crippen LogP contribution < -0.4 is 10.1 Å². The van der Waals surface area contributed by atoms with Crippen LogP contribution in [-0.4, -0.2) is 23.6 Å². The molecule has 2 atom stereocenters. The van der Waals surface area contributed by atoms with Gasteiger partial charge in [-0.1, -0.05) is 12.1 Å². The van der Waals surface area contributed by atoms with Gasteiger partial charge < -0.3 is 15.2 Å². The molecule has 0 heterocycles. The third kappa shape index (κ3) is 4.36. The van der Waals surface area contributed by atoms with Crippen molar-refractivity contribution in [1.29, 1.82) is 0 Å². The van der Waals surface area contributed by atoms with Gasteiger partial charge >= 0.3 is 5.97 Å². The molecule has 0 aliphatic heterocycles. The Hall–Kier alpha value is -2.96. The maximum atomic E-state index is 13.8. The number of carbonyl (C=O) groups is 2. The second-order valence-electron chi connectivity index (χ2n) is 6.16. The molecular weight excluding hydrogens is 344 g/mol. The Morgan fingerprint density at radius 3 is 2.77 bits per heavy atom. The zero-order valence-corrected chi connectivity index (χ0v) is 13.7. The molecular formula is C19H17F2NO4. The molecule has 3 rings (SSSR count). The summed E-state index contributed by atoms with van der Waals surface area (Å²) in [4.78, 5) is 22.7. The van der Waals surface area contributed by atoms with Crippen LogP contribution in [0.25, 0.3) is 0 Å². The van der Waals surface area contributed by atoms with Gasteiger partial charge in [-0.15, -0.1) is 0 Å². The van der Waals surface area contributed by atoms with Gasteiger partial charge in [-0.25, -0.2) is 13.6 Å². The molecule has 1 saturated carbocycles. The van der Waals surface area contributed by atoms with Crippen molar-refractivity contribution in [2.45, 2.75) is 18.9 Å². The van der Waals surface area contributed by atoms with E-state index in [-0.39, 0.29) is 29.9 Å². The van der Waals surface area contributed by atoms with E-state index >= 15 is 0 Å². The summed E-state index contributed by atoms with van der Waals surface area (Å²) >= 11 is 0. The van der Waals surface area contributed by atoms with Gasteiger partial charge in [0, 0.05) is 12.5 Å². The highest BCUT2D eigenvalue weighted by molar-refractivity contribution is 5.82. The van der Waals surface area contributed by atoms with Gasteiger partial charge in [0.15, 0.2) is 6.61 Å². The lowest BCUT2D eigenvalue weighted by molar-refractivity contribution is -0.139. The average Bonchev–Trinajstić information content (AvgIpc) is 3.41. The summed E-state index contributed by atoms with van der Waals surface area (Å²) in [7, 11) is 0.